The van der Waals surface area contributed by atoms with Crippen LogP contribution in [0.1, 0.15) is 31.7 Å². The molecule has 1 fully saturated rings. The van der Waals surface area contributed by atoms with E-state index < -0.39 is 9.84 Å². The molecule has 3 heterocycles. The van der Waals surface area contributed by atoms with Crippen molar-refractivity contribution in [3.63, 3.8) is 0 Å². The van der Waals surface area contributed by atoms with Gasteiger partial charge in [0.2, 0.25) is 0 Å². The van der Waals surface area contributed by atoms with Crippen LogP contribution in [0.4, 0.5) is 11.5 Å². The zero-order valence-electron chi connectivity index (χ0n) is 21.8. The van der Waals surface area contributed by atoms with Crippen LogP contribution in [-0.2, 0) is 15.3 Å². The number of aromatic nitrogens is 3. The highest BCUT2D eigenvalue weighted by molar-refractivity contribution is 7.90. The van der Waals surface area contributed by atoms with E-state index >= 15 is 0 Å². The quantitative estimate of drug-likeness (QED) is 0.260. The maximum Gasteiger partial charge on any atom is 0.175 e. The Bertz CT molecular complexity index is 1830. The number of nitrogens with zero attached hydrogens (tertiary/aromatic N) is 3. The molecule has 1 aliphatic heterocycles. The molecular formula is C32H28N4O2S. The number of pyridine rings is 1. The van der Waals surface area contributed by atoms with E-state index in [4.69, 9.17) is 4.98 Å². The Balaban J connectivity index is 1.51. The number of sulfone groups is 1. The van der Waals surface area contributed by atoms with Crippen LogP contribution >= 0.6 is 0 Å². The summed E-state index contributed by atoms with van der Waals surface area (Å²) in [6.45, 7) is 2.34. The van der Waals surface area contributed by atoms with E-state index in [2.05, 4.69) is 58.2 Å². The Morgan fingerprint density at radius 1 is 0.872 bits per heavy atom. The van der Waals surface area contributed by atoms with Crippen LogP contribution in [0.3, 0.4) is 0 Å². The minimum Gasteiger partial charge on any atom is -0.338 e. The van der Waals surface area contributed by atoms with Gasteiger partial charge in [-0.1, -0.05) is 61.9 Å². The van der Waals surface area contributed by atoms with Crippen LogP contribution < -0.4 is 5.32 Å². The molecule has 5 aromatic rings. The number of rotatable bonds is 4. The van der Waals surface area contributed by atoms with Crippen LogP contribution in [-0.4, -0.2) is 29.2 Å². The molecular weight excluding hydrogens is 504 g/mol. The first kappa shape index (κ1) is 23.9. The first-order chi connectivity index (χ1) is 18.8. The van der Waals surface area contributed by atoms with Gasteiger partial charge in [0.15, 0.2) is 15.7 Å². The van der Waals surface area contributed by atoms with Crippen molar-refractivity contribution in [2.24, 2.45) is 0 Å². The molecule has 194 valence electrons. The fourth-order valence-corrected chi connectivity index (χ4v) is 6.41. The van der Waals surface area contributed by atoms with Crippen molar-refractivity contribution in [2.75, 3.05) is 11.6 Å². The molecule has 6 nitrogen and oxygen atoms in total. The molecule has 7 heteroatoms. The van der Waals surface area contributed by atoms with E-state index in [0.717, 1.165) is 51.1 Å². The number of fused-ring (bicyclic) bond motifs is 5. The molecule has 0 spiro atoms. The van der Waals surface area contributed by atoms with E-state index in [-0.39, 0.29) is 10.3 Å². The molecule has 0 radical (unpaired) electrons. The average molecular weight is 533 g/mol. The summed E-state index contributed by atoms with van der Waals surface area (Å²) in [6.07, 6.45) is 6.72. The Morgan fingerprint density at radius 3 is 2.28 bits per heavy atom. The predicted octanol–water partition coefficient (Wildman–Crippen LogP) is 7.17. The molecule has 3 aromatic carbocycles. The summed E-state index contributed by atoms with van der Waals surface area (Å²) in [5, 5.41) is 3.50. The zero-order chi connectivity index (χ0) is 26.8. The van der Waals surface area contributed by atoms with Gasteiger partial charge in [-0.05, 0) is 60.2 Å². The normalized spacial score (nSPS) is 15.2. The lowest BCUT2D eigenvalue weighted by atomic mass is 9.66. The zero-order valence-corrected chi connectivity index (χ0v) is 22.7. The topological polar surface area (TPSA) is 76.9 Å². The molecule has 0 saturated heterocycles. The minimum absolute atomic E-state index is 0.247. The summed E-state index contributed by atoms with van der Waals surface area (Å²) in [7, 11) is -3.31. The number of hydrogen-bond acceptors (Lipinski definition) is 5. The fraction of sp³-hybridized carbons (Fsp3) is 0.188. The van der Waals surface area contributed by atoms with Crippen molar-refractivity contribution in [2.45, 2.75) is 36.5 Å². The van der Waals surface area contributed by atoms with Gasteiger partial charge in [-0.3, -0.25) is 4.57 Å². The van der Waals surface area contributed by atoms with Crippen molar-refractivity contribution in [1.29, 1.82) is 0 Å². The summed E-state index contributed by atoms with van der Waals surface area (Å²) in [6, 6.07) is 28.0. The highest BCUT2D eigenvalue weighted by Crippen LogP contribution is 2.46. The lowest BCUT2D eigenvalue weighted by Crippen LogP contribution is -2.30. The van der Waals surface area contributed by atoms with E-state index in [0.29, 0.717) is 0 Å². The fourth-order valence-electron chi connectivity index (χ4n) is 5.78. The molecule has 2 aromatic heterocycles. The van der Waals surface area contributed by atoms with Crippen molar-refractivity contribution in [3.8, 4) is 39.6 Å². The summed E-state index contributed by atoms with van der Waals surface area (Å²) in [5.41, 5.74) is 8.03. The first-order valence-electron chi connectivity index (χ1n) is 13.2. The third-order valence-corrected chi connectivity index (χ3v) is 9.32. The molecule has 0 amide bonds. The monoisotopic (exact) mass is 532 g/mol. The van der Waals surface area contributed by atoms with Crippen LogP contribution in [0, 0.1) is 0 Å². The smallest absolute Gasteiger partial charge is 0.175 e. The molecule has 2 aliphatic rings. The lowest BCUT2D eigenvalue weighted by Gasteiger charge is -2.39. The number of benzene rings is 3. The van der Waals surface area contributed by atoms with Gasteiger partial charge in [-0.2, -0.15) is 0 Å². The molecule has 0 bridgehead atoms. The van der Waals surface area contributed by atoms with E-state index in [1.54, 1.807) is 18.3 Å². The predicted molar refractivity (Wildman–Crippen MR) is 155 cm³/mol. The van der Waals surface area contributed by atoms with Crippen molar-refractivity contribution in [1.82, 2.24) is 14.5 Å². The molecule has 1 saturated carbocycles. The van der Waals surface area contributed by atoms with Crippen molar-refractivity contribution < 1.29 is 8.42 Å². The Hall–Kier alpha value is -4.23. The molecule has 1 N–H and O–H groups in total. The van der Waals surface area contributed by atoms with Crippen LogP contribution in [0.2, 0.25) is 0 Å². The second-order valence-electron chi connectivity index (χ2n) is 10.8. The molecule has 1 aliphatic carbocycles. The third-order valence-electron chi connectivity index (χ3n) is 8.19. The van der Waals surface area contributed by atoms with Gasteiger partial charge < -0.3 is 5.32 Å². The van der Waals surface area contributed by atoms with Gasteiger partial charge in [-0.25, -0.2) is 18.4 Å². The van der Waals surface area contributed by atoms with Gasteiger partial charge in [0.05, 0.1) is 27.7 Å². The van der Waals surface area contributed by atoms with Crippen LogP contribution in [0.25, 0.3) is 39.6 Å². The number of para-hydroxylation sites is 1. The van der Waals surface area contributed by atoms with Gasteiger partial charge in [-0.15, -0.1) is 0 Å². The second kappa shape index (κ2) is 8.64. The van der Waals surface area contributed by atoms with E-state index in [1.165, 1.54) is 31.1 Å². The maximum atomic E-state index is 12.1. The summed E-state index contributed by atoms with van der Waals surface area (Å²) in [4.78, 5) is 10.2. The number of imidazole rings is 1. The largest absolute Gasteiger partial charge is 0.338 e. The maximum absolute atomic E-state index is 12.1. The Kier molecular flexibility index (Phi) is 5.29. The highest BCUT2D eigenvalue weighted by atomic mass is 32.2. The van der Waals surface area contributed by atoms with Gasteiger partial charge in [0.25, 0.3) is 0 Å². The first-order valence-corrected chi connectivity index (χ1v) is 15.1. The van der Waals surface area contributed by atoms with E-state index in [9.17, 15) is 8.42 Å². The second-order valence-corrected chi connectivity index (χ2v) is 12.8. The number of hydrogen-bond donors (Lipinski definition) is 1. The lowest BCUT2D eigenvalue weighted by molar-refractivity contribution is 0.272. The van der Waals surface area contributed by atoms with Crippen LogP contribution in [0.5, 0.6) is 0 Å². The number of nitrogens with one attached hydrogen (secondary N) is 1. The van der Waals surface area contributed by atoms with Crippen molar-refractivity contribution >= 4 is 21.3 Å². The average Bonchev–Trinajstić information content (AvgIpc) is 3.26. The molecule has 0 atom stereocenters. The number of anilines is 2. The summed E-state index contributed by atoms with van der Waals surface area (Å²) >= 11 is 0. The molecule has 0 unspecified atom stereocenters. The van der Waals surface area contributed by atoms with Crippen LogP contribution in [0.15, 0.2) is 96.0 Å². The van der Waals surface area contributed by atoms with Crippen molar-refractivity contribution in [3.05, 3.63) is 96.7 Å². The standard InChI is InChI=1S/C32H28N4O2S/c1-32(18-6-19-32)23-14-10-22(11-15-23)29-28(21-12-16-24(17-13-21)39(2,37)38)35-31-25-7-3-4-8-26(25)34-30-27(36(29)31)9-5-20-33-30/h3-5,7-17,20H,6,18-19H2,1-2H3,(H,33,34). The SMILES string of the molecule is CC1(c2ccc(-c3c(-c4ccc(S(C)(=O)=O)cc4)nc4n3-c3cccnc3Nc3ccccc3-4)cc2)CCC1. The van der Waals surface area contributed by atoms with Gasteiger partial charge >= 0.3 is 0 Å². The Labute approximate surface area is 228 Å². The minimum atomic E-state index is -3.31. The van der Waals surface area contributed by atoms with E-state index in [1.807, 2.05) is 36.4 Å². The van der Waals surface area contributed by atoms with Gasteiger partial charge in [0.1, 0.15) is 5.82 Å². The Morgan fingerprint density at radius 2 is 1.59 bits per heavy atom. The molecule has 39 heavy (non-hydrogen) atoms. The summed E-state index contributed by atoms with van der Waals surface area (Å²) in [5.74, 6) is 1.55. The third kappa shape index (κ3) is 3.88. The van der Waals surface area contributed by atoms with Gasteiger partial charge in [0, 0.05) is 29.1 Å². The molecule has 7 rings (SSSR count). The summed E-state index contributed by atoms with van der Waals surface area (Å²) < 4.78 is 26.5. The highest BCUT2D eigenvalue weighted by Gasteiger charge is 2.34.